The summed E-state index contributed by atoms with van der Waals surface area (Å²) in [5.74, 6) is 0. The Balaban J connectivity index is 0.00000242. The first-order valence-corrected chi connectivity index (χ1v) is 7.50. The van der Waals surface area contributed by atoms with Gasteiger partial charge in [0.2, 0.25) is 0 Å². The van der Waals surface area contributed by atoms with E-state index >= 15 is 0 Å². The minimum absolute atomic E-state index is 0. The molecule has 2 rings (SSSR count). The van der Waals surface area contributed by atoms with E-state index < -0.39 is 0 Å². The highest BCUT2D eigenvalue weighted by atomic mass is 35.5. The zero-order valence-electron chi connectivity index (χ0n) is 14.2. The molecule has 1 atom stereocenters. The van der Waals surface area contributed by atoms with E-state index in [0.717, 1.165) is 37.3 Å². The summed E-state index contributed by atoms with van der Waals surface area (Å²) in [5.41, 5.74) is 2.01. The van der Waals surface area contributed by atoms with Crippen LogP contribution in [0, 0.1) is 22.5 Å². The van der Waals surface area contributed by atoms with Crippen molar-refractivity contribution in [3.05, 3.63) is 39.4 Å². The third-order valence-electron chi connectivity index (χ3n) is 4.08. The molecule has 1 aliphatic heterocycles. The van der Waals surface area contributed by atoms with Crippen LogP contribution in [0.25, 0.3) is 0 Å². The van der Waals surface area contributed by atoms with Crippen molar-refractivity contribution in [1.82, 2.24) is 10.2 Å². The summed E-state index contributed by atoms with van der Waals surface area (Å²) < 4.78 is 0. The van der Waals surface area contributed by atoms with Gasteiger partial charge < -0.3 is 5.32 Å². The second-order valence-electron chi connectivity index (χ2n) is 6.86. The van der Waals surface area contributed by atoms with Crippen LogP contribution >= 0.6 is 24.8 Å². The number of hydrogen-bond acceptors (Lipinski definition) is 4. The summed E-state index contributed by atoms with van der Waals surface area (Å²) in [6.45, 7) is 12.3. The molecule has 0 radical (unpaired) electrons. The fraction of sp³-hybridized carbons (Fsp3) is 0.625. The van der Waals surface area contributed by atoms with Crippen LogP contribution < -0.4 is 5.32 Å². The minimum atomic E-state index is -0.281. The summed E-state index contributed by atoms with van der Waals surface area (Å²) >= 11 is 0. The van der Waals surface area contributed by atoms with Gasteiger partial charge in [-0.2, -0.15) is 0 Å². The number of hydrogen-bond donors (Lipinski definition) is 1. The van der Waals surface area contributed by atoms with E-state index in [2.05, 4.69) is 31.0 Å². The molecule has 0 aliphatic carbocycles. The number of aryl methyl sites for hydroxylation is 1. The molecule has 0 amide bonds. The molecule has 7 heteroatoms. The predicted octanol–water partition coefficient (Wildman–Crippen LogP) is 3.74. The number of piperazine rings is 1. The molecule has 1 saturated heterocycles. The van der Waals surface area contributed by atoms with Crippen molar-refractivity contribution in [2.24, 2.45) is 5.41 Å². The molecule has 1 aromatic carbocycles. The number of benzene rings is 1. The molecule has 0 spiro atoms. The lowest BCUT2D eigenvalue weighted by Gasteiger charge is -2.42. The zero-order valence-corrected chi connectivity index (χ0v) is 15.8. The van der Waals surface area contributed by atoms with E-state index in [-0.39, 0.29) is 46.9 Å². The summed E-state index contributed by atoms with van der Waals surface area (Å²) in [7, 11) is 0. The Bertz CT molecular complexity index is 527. The van der Waals surface area contributed by atoms with E-state index in [1.807, 2.05) is 12.1 Å². The zero-order chi connectivity index (χ0) is 15.6. The van der Waals surface area contributed by atoms with Crippen LogP contribution in [0.2, 0.25) is 0 Å². The van der Waals surface area contributed by atoms with E-state index in [1.165, 1.54) is 0 Å². The van der Waals surface area contributed by atoms with Crippen molar-refractivity contribution < 1.29 is 4.92 Å². The molecule has 5 nitrogen and oxygen atoms in total. The first-order chi connectivity index (χ1) is 9.80. The van der Waals surface area contributed by atoms with Gasteiger partial charge in [0.1, 0.15) is 0 Å². The molecule has 132 valence electrons. The van der Waals surface area contributed by atoms with Gasteiger partial charge in [0, 0.05) is 43.9 Å². The standard InChI is InChI=1S/C16H25N3O2.2ClH/c1-12-5-6-13(11-14(12)19(20)21)15(16(2,3)4)18-9-7-17-8-10-18;;/h5-6,11,15,17H,7-10H2,1-4H3;2*1H/t15-;;/m0../s1. The first-order valence-electron chi connectivity index (χ1n) is 7.50. The number of nitrogens with zero attached hydrogens (tertiary/aromatic N) is 2. The fourth-order valence-corrected chi connectivity index (χ4v) is 3.19. The highest BCUT2D eigenvalue weighted by Crippen LogP contribution is 2.39. The molecule has 1 N–H and O–H groups in total. The van der Waals surface area contributed by atoms with Crippen molar-refractivity contribution in [2.45, 2.75) is 33.7 Å². The molecule has 1 heterocycles. The molecular weight excluding hydrogens is 337 g/mol. The molecule has 0 bridgehead atoms. The van der Waals surface area contributed by atoms with E-state index in [9.17, 15) is 10.1 Å². The third kappa shape index (κ3) is 5.31. The van der Waals surface area contributed by atoms with Gasteiger partial charge in [0.15, 0.2) is 0 Å². The lowest BCUT2D eigenvalue weighted by molar-refractivity contribution is -0.385. The van der Waals surface area contributed by atoms with Crippen molar-refractivity contribution in [1.29, 1.82) is 0 Å². The monoisotopic (exact) mass is 363 g/mol. The van der Waals surface area contributed by atoms with Gasteiger partial charge in [0.25, 0.3) is 5.69 Å². The Kier molecular flexibility index (Phi) is 8.49. The normalized spacial score (nSPS) is 16.9. The highest BCUT2D eigenvalue weighted by Gasteiger charge is 2.33. The van der Waals surface area contributed by atoms with Crippen LogP contribution in [-0.4, -0.2) is 36.0 Å². The second-order valence-corrected chi connectivity index (χ2v) is 6.86. The Morgan fingerprint density at radius 2 is 1.78 bits per heavy atom. The Hall–Kier alpha value is -0.880. The number of nitrogens with one attached hydrogen (secondary N) is 1. The second kappa shape index (κ2) is 8.83. The van der Waals surface area contributed by atoms with Gasteiger partial charge in [0.05, 0.1) is 4.92 Å². The SMILES string of the molecule is Cc1ccc([C@H](N2CCNCC2)C(C)(C)C)cc1[N+](=O)[O-].Cl.Cl. The maximum Gasteiger partial charge on any atom is 0.272 e. The maximum atomic E-state index is 11.2. The van der Waals surface area contributed by atoms with E-state index in [0.29, 0.717) is 0 Å². The quantitative estimate of drug-likeness (QED) is 0.656. The fourth-order valence-electron chi connectivity index (χ4n) is 3.19. The summed E-state index contributed by atoms with van der Waals surface area (Å²) in [6, 6.07) is 5.86. The van der Waals surface area contributed by atoms with Crippen molar-refractivity contribution >= 4 is 30.5 Å². The lowest BCUT2D eigenvalue weighted by Crippen LogP contribution is -2.48. The van der Waals surface area contributed by atoms with Crippen LogP contribution in [0.4, 0.5) is 5.69 Å². The van der Waals surface area contributed by atoms with Crippen LogP contribution in [0.15, 0.2) is 18.2 Å². The van der Waals surface area contributed by atoms with Crippen molar-refractivity contribution in [2.75, 3.05) is 26.2 Å². The first kappa shape index (κ1) is 22.1. The van der Waals surface area contributed by atoms with Gasteiger partial charge >= 0.3 is 0 Å². The number of halogens is 2. The van der Waals surface area contributed by atoms with Crippen LogP contribution in [0.1, 0.15) is 37.9 Å². The molecule has 0 unspecified atom stereocenters. The van der Waals surface area contributed by atoms with Crippen LogP contribution in [0.5, 0.6) is 0 Å². The Morgan fingerprint density at radius 1 is 1.22 bits per heavy atom. The minimum Gasteiger partial charge on any atom is -0.314 e. The lowest BCUT2D eigenvalue weighted by atomic mass is 9.80. The van der Waals surface area contributed by atoms with Gasteiger partial charge in [-0.25, -0.2) is 0 Å². The Labute approximate surface area is 150 Å². The smallest absolute Gasteiger partial charge is 0.272 e. The summed E-state index contributed by atoms with van der Waals surface area (Å²) in [5, 5.41) is 14.6. The molecular formula is C16H27Cl2N3O2. The van der Waals surface area contributed by atoms with E-state index in [1.54, 1.807) is 13.0 Å². The average Bonchev–Trinajstić information content (AvgIpc) is 2.40. The predicted molar refractivity (Wildman–Crippen MR) is 99.0 cm³/mol. The van der Waals surface area contributed by atoms with Gasteiger partial charge in [-0.15, -0.1) is 24.8 Å². The number of rotatable bonds is 3. The highest BCUT2D eigenvalue weighted by molar-refractivity contribution is 5.85. The summed E-state index contributed by atoms with van der Waals surface area (Å²) in [4.78, 5) is 13.4. The number of nitro groups is 1. The molecule has 0 aromatic heterocycles. The molecule has 1 aromatic rings. The molecule has 1 aliphatic rings. The van der Waals surface area contributed by atoms with E-state index in [4.69, 9.17) is 0 Å². The largest absolute Gasteiger partial charge is 0.314 e. The maximum absolute atomic E-state index is 11.2. The Morgan fingerprint density at radius 3 is 2.26 bits per heavy atom. The van der Waals surface area contributed by atoms with Gasteiger partial charge in [-0.1, -0.05) is 32.9 Å². The molecule has 0 saturated carbocycles. The van der Waals surface area contributed by atoms with Crippen molar-refractivity contribution in [3.8, 4) is 0 Å². The summed E-state index contributed by atoms with van der Waals surface area (Å²) in [6.07, 6.45) is 0. The van der Waals surface area contributed by atoms with Crippen LogP contribution in [-0.2, 0) is 0 Å². The van der Waals surface area contributed by atoms with Gasteiger partial charge in [-0.05, 0) is 17.9 Å². The molecule has 1 fully saturated rings. The topological polar surface area (TPSA) is 58.4 Å². The van der Waals surface area contributed by atoms with Crippen LogP contribution in [0.3, 0.4) is 0 Å². The third-order valence-corrected chi connectivity index (χ3v) is 4.08. The van der Waals surface area contributed by atoms with Crippen molar-refractivity contribution in [3.63, 3.8) is 0 Å². The molecule has 23 heavy (non-hydrogen) atoms. The van der Waals surface area contributed by atoms with Gasteiger partial charge in [-0.3, -0.25) is 15.0 Å². The number of nitro benzene ring substituents is 1. The average molecular weight is 364 g/mol.